The number of aryl methyl sites for hydroxylation is 1. The Morgan fingerprint density at radius 1 is 1.08 bits per heavy atom. The van der Waals surface area contributed by atoms with Gasteiger partial charge < -0.3 is 4.42 Å². The number of rotatable bonds is 5. The van der Waals surface area contributed by atoms with Crippen LogP contribution in [0.4, 0.5) is 6.01 Å². The molecule has 5 nitrogen and oxygen atoms in total. The Balaban J connectivity index is 1.58. The monoisotopic (exact) mass is 319 g/mol. The van der Waals surface area contributed by atoms with Crippen molar-refractivity contribution < 1.29 is 9.21 Å². The lowest BCUT2D eigenvalue weighted by molar-refractivity contribution is -0.112. The van der Waals surface area contributed by atoms with Crippen LogP contribution in [0.2, 0.25) is 0 Å². The lowest BCUT2D eigenvalue weighted by Crippen LogP contribution is -2.07. The Kier molecular flexibility index (Phi) is 4.81. The van der Waals surface area contributed by atoms with Crippen molar-refractivity contribution >= 4 is 18.0 Å². The van der Waals surface area contributed by atoms with Gasteiger partial charge in [0.15, 0.2) is 0 Å². The van der Waals surface area contributed by atoms with Crippen molar-refractivity contribution in [1.29, 1.82) is 0 Å². The largest absolute Gasteiger partial charge is 0.407 e. The number of amides is 1. The van der Waals surface area contributed by atoms with E-state index in [9.17, 15) is 4.79 Å². The number of carbonyl (C=O) groups excluding carboxylic acids is 1. The molecule has 0 fully saturated rings. The van der Waals surface area contributed by atoms with Gasteiger partial charge in [0.05, 0.1) is 6.42 Å². The number of nitrogens with zero attached hydrogens (tertiary/aromatic N) is 2. The molecule has 0 atom stereocenters. The summed E-state index contributed by atoms with van der Waals surface area (Å²) in [5.74, 6) is 0.144. The Bertz CT molecular complexity index is 837. The molecule has 0 saturated carbocycles. The van der Waals surface area contributed by atoms with Crippen molar-refractivity contribution in [3.63, 3.8) is 0 Å². The molecule has 0 aliphatic carbocycles. The minimum Gasteiger partial charge on any atom is -0.407 e. The lowest BCUT2D eigenvalue weighted by Gasteiger charge is -1.98. The van der Waals surface area contributed by atoms with Crippen LogP contribution in [0.1, 0.15) is 22.6 Å². The molecule has 3 aromatic rings. The smallest absolute Gasteiger partial charge is 0.322 e. The third-order valence-corrected chi connectivity index (χ3v) is 3.40. The molecule has 24 heavy (non-hydrogen) atoms. The number of hydrogen-bond donors (Lipinski definition) is 1. The average molecular weight is 319 g/mol. The molecule has 3 rings (SSSR count). The summed E-state index contributed by atoms with van der Waals surface area (Å²) in [5.41, 5.74) is 3.21. The molecule has 1 amide bonds. The number of hydrogen-bond acceptors (Lipinski definition) is 4. The first kappa shape index (κ1) is 15.7. The van der Waals surface area contributed by atoms with Gasteiger partial charge in [-0.15, -0.1) is 5.10 Å². The minimum atomic E-state index is -0.315. The number of anilines is 1. The van der Waals surface area contributed by atoms with Gasteiger partial charge >= 0.3 is 6.01 Å². The van der Waals surface area contributed by atoms with Gasteiger partial charge in [-0.1, -0.05) is 65.3 Å². The van der Waals surface area contributed by atoms with Gasteiger partial charge in [-0.3, -0.25) is 10.1 Å². The normalized spacial score (nSPS) is 10.9. The predicted molar refractivity (Wildman–Crippen MR) is 92.4 cm³/mol. The van der Waals surface area contributed by atoms with E-state index < -0.39 is 0 Å². The number of benzene rings is 2. The lowest BCUT2D eigenvalue weighted by atomic mass is 10.1. The van der Waals surface area contributed by atoms with Crippen molar-refractivity contribution in [2.45, 2.75) is 13.3 Å². The molecule has 5 heteroatoms. The van der Waals surface area contributed by atoms with Gasteiger partial charge in [0.2, 0.25) is 5.89 Å². The Hall–Kier alpha value is -3.21. The van der Waals surface area contributed by atoms with Gasteiger partial charge in [0.25, 0.3) is 5.91 Å². The Labute approximate surface area is 140 Å². The van der Waals surface area contributed by atoms with Crippen LogP contribution in [0.5, 0.6) is 0 Å². The first-order valence-corrected chi connectivity index (χ1v) is 7.61. The van der Waals surface area contributed by atoms with Crippen molar-refractivity contribution in [3.8, 4) is 0 Å². The summed E-state index contributed by atoms with van der Waals surface area (Å²) in [6.45, 7) is 2.03. The predicted octanol–water partition coefficient (Wildman–Crippen LogP) is 3.62. The van der Waals surface area contributed by atoms with Crippen LogP contribution in [0.3, 0.4) is 0 Å². The molecule has 0 bridgehead atoms. The molecular weight excluding hydrogens is 302 g/mol. The molecule has 1 aromatic heterocycles. The summed E-state index contributed by atoms with van der Waals surface area (Å²) in [4.78, 5) is 11.9. The first-order valence-electron chi connectivity index (χ1n) is 7.61. The van der Waals surface area contributed by atoms with Crippen molar-refractivity contribution in [1.82, 2.24) is 10.2 Å². The summed E-state index contributed by atoms with van der Waals surface area (Å²) < 4.78 is 5.45. The second-order valence-electron chi connectivity index (χ2n) is 5.40. The molecule has 0 spiro atoms. The SMILES string of the molecule is Cc1ccc(Cc2nnc(NC(=O)C=Cc3ccccc3)o2)cc1. The summed E-state index contributed by atoms with van der Waals surface area (Å²) in [5, 5.41) is 10.4. The van der Waals surface area contributed by atoms with E-state index in [1.807, 2.05) is 61.5 Å². The number of carbonyl (C=O) groups is 1. The highest BCUT2D eigenvalue weighted by atomic mass is 16.4. The Morgan fingerprint density at radius 2 is 1.83 bits per heavy atom. The summed E-state index contributed by atoms with van der Waals surface area (Å²) in [6, 6.07) is 17.8. The van der Waals surface area contributed by atoms with E-state index in [1.165, 1.54) is 11.6 Å². The standard InChI is InChI=1S/C19H17N3O2/c1-14-7-9-16(10-8-14)13-18-21-22-19(24-18)20-17(23)12-11-15-5-3-2-4-6-15/h2-12H,13H2,1H3,(H,20,22,23). The zero-order valence-electron chi connectivity index (χ0n) is 13.3. The van der Waals surface area contributed by atoms with Crippen LogP contribution < -0.4 is 5.32 Å². The van der Waals surface area contributed by atoms with E-state index in [-0.39, 0.29) is 11.9 Å². The fourth-order valence-corrected chi connectivity index (χ4v) is 2.14. The molecule has 0 aliphatic rings. The third-order valence-electron chi connectivity index (χ3n) is 3.40. The molecule has 0 radical (unpaired) electrons. The molecule has 120 valence electrons. The van der Waals surface area contributed by atoms with Crippen LogP contribution in [0.25, 0.3) is 6.08 Å². The van der Waals surface area contributed by atoms with Gasteiger partial charge in [-0.2, -0.15) is 0 Å². The van der Waals surface area contributed by atoms with E-state index >= 15 is 0 Å². The maximum absolute atomic E-state index is 11.9. The van der Waals surface area contributed by atoms with Gasteiger partial charge in [0.1, 0.15) is 0 Å². The molecule has 0 unspecified atom stereocenters. The van der Waals surface area contributed by atoms with Crippen LogP contribution in [0.15, 0.2) is 65.1 Å². The van der Waals surface area contributed by atoms with E-state index in [0.717, 1.165) is 11.1 Å². The zero-order valence-corrected chi connectivity index (χ0v) is 13.3. The minimum absolute atomic E-state index is 0.0971. The summed E-state index contributed by atoms with van der Waals surface area (Å²) in [7, 11) is 0. The third kappa shape index (κ3) is 4.39. The van der Waals surface area contributed by atoms with E-state index in [4.69, 9.17) is 4.42 Å². The van der Waals surface area contributed by atoms with E-state index in [2.05, 4.69) is 15.5 Å². The van der Waals surface area contributed by atoms with Gasteiger partial charge in [-0.25, -0.2) is 0 Å². The molecular formula is C19H17N3O2. The number of aromatic nitrogens is 2. The molecule has 0 saturated heterocycles. The summed E-state index contributed by atoms with van der Waals surface area (Å²) >= 11 is 0. The van der Waals surface area contributed by atoms with Crippen molar-refractivity contribution in [2.24, 2.45) is 0 Å². The first-order chi connectivity index (χ1) is 11.7. The van der Waals surface area contributed by atoms with E-state index in [1.54, 1.807) is 6.08 Å². The highest BCUT2D eigenvalue weighted by molar-refractivity contribution is 6.00. The van der Waals surface area contributed by atoms with Crippen LogP contribution in [-0.4, -0.2) is 16.1 Å². The van der Waals surface area contributed by atoms with Gasteiger partial charge in [-0.05, 0) is 24.1 Å². The molecule has 2 aromatic carbocycles. The second kappa shape index (κ2) is 7.37. The fraction of sp³-hybridized carbons (Fsp3) is 0.105. The highest BCUT2D eigenvalue weighted by Gasteiger charge is 2.08. The maximum atomic E-state index is 11.9. The Morgan fingerprint density at radius 3 is 2.58 bits per heavy atom. The topological polar surface area (TPSA) is 68.0 Å². The maximum Gasteiger partial charge on any atom is 0.322 e. The van der Waals surface area contributed by atoms with E-state index in [0.29, 0.717) is 12.3 Å². The second-order valence-corrected chi connectivity index (χ2v) is 5.40. The highest BCUT2D eigenvalue weighted by Crippen LogP contribution is 2.12. The van der Waals surface area contributed by atoms with Crippen molar-refractivity contribution in [3.05, 3.63) is 83.3 Å². The van der Waals surface area contributed by atoms with Gasteiger partial charge in [0, 0.05) is 6.08 Å². The van der Waals surface area contributed by atoms with Crippen LogP contribution in [0, 0.1) is 6.92 Å². The van der Waals surface area contributed by atoms with Crippen LogP contribution >= 0.6 is 0 Å². The molecule has 0 aliphatic heterocycles. The fourth-order valence-electron chi connectivity index (χ4n) is 2.14. The zero-order chi connectivity index (χ0) is 16.8. The number of nitrogens with one attached hydrogen (secondary N) is 1. The summed E-state index contributed by atoms with van der Waals surface area (Å²) in [6.07, 6.45) is 3.68. The van der Waals surface area contributed by atoms with Crippen molar-refractivity contribution in [2.75, 3.05) is 5.32 Å². The molecule has 1 N–H and O–H groups in total. The quantitative estimate of drug-likeness (QED) is 0.729. The molecule has 1 heterocycles. The van der Waals surface area contributed by atoms with Crippen LogP contribution in [-0.2, 0) is 11.2 Å². The average Bonchev–Trinajstić information content (AvgIpc) is 3.03.